The van der Waals surface area contributed by atoms with Crippen molar-refractivity contribution >= 4 is 27.4 Å². The summed E-state index contributed by atoms with van der Waals surface area (Å²) < 4.78 is 68.2. The minimum absolute atomic E-state index is 0.489. The Morgan fingerprint density at radius 3 is 1.47 bits per heavy atom. The molecule has 0 aliphatic heterocycles. The number of rotatable bonds is 3. The number of hydrogen-bond acceptors (Lipinski definition) is 2. The zero-order valence-corrected chi connectivity index (χ0v) is 11.0. The molecule has 0 amide bonds. The molecule has 1 aromatic carbocycles. The van der Waals surface area contributed by atoms with Crippen LogP contribution in [0.1, 0.15) is 0 Å². The summed E-state index contributed by atoms with van der Waals surface area (Å²) in [5.74, 6) is 0. The van der Waals surface area contributed by atoms with Crippen LogP contribution in [0, 0.1) is 3.57 Å². The van der Waals surface area contributed by atoms with Crippen LogP contribution in [0.5, 0.6) is 0 Å². The monoisotopic (exact) mass is 398 g/mol. The van der Waals surface area contributed by atoms with Crippen LogP contribution in [-0.2, 0) is 9.59 Å². The SMILES string of the molecule is O=C(I(C(=O)C(F)(F)F)c1ccccc1)C(F)(F)F. The summed E-state index contributed by atoms with van der Waals surface area (Å²) in [5, 5.41) is 0. The average Bonchev–Trinajstić information content (AvgIpc) is 2.28. The maximum atomic E-state index is 12.3. The molecule has 0 saturated heterocycles. The first-order valence-electron chi connectivity index (χ1n) is 4.52. The molecule has 2 nitrogen and oxygen atoms in total. The Morgan fingerprint density at radius 1 is 0.789 bits per heavy atom. The van der Waals surface area contributed by atoms with Gasteiger partial charge in [0.15, 0.2) is 0 Å². The van der Waals surface area contributed by atoms with E-state index in [2.05, 4.69) is 0 Å². The number of halogens is 7. The second-order valence-electron chi connectivity index (χ2n) is 3.12. The molecule has 0 saturated carbocycles. The minimum atomic E-state index is -5.46. The van der Waals surface area contributed by atoms with E-state index < -0.39 is 43.3 Å². The topological polar surface area (TPSA) is 34.1 Å². The van der Waals surface area contributed by atoms with Gasteiger partial charge in [0.2, 0.25) is 0 Å². The molecule has 19 heavy (non-hydrogen) atoms. The molecule has 1 rings (SSSR count). The first-order valence-corrected chi connectivity index (χ1v) is 7.76. The van der Waals surface area contributed by atoms with Crippen molar-refractivity contribution in [1.29, 1.82) is 0 Å². The second-order valence-corrected chi connectivity index (χ2v) is 7.95. The zero-order valence-electron chi connectivity index (χ0n) is 8.85. The van der Waals surface area contributed by atoms with Crippen molar-refractivity contribution in [3.8, 4) is 0 Å². The number of carbonyl (C=O) groups is 2. The van der Waals surface area contributed by atoms with Gasteiger partial charge in [0.05, 0.1) is 0 Å². The van der Waals surface area contributed by atoms with Crippen LogP contribution in [-0.4, -0.2) is 19.9 Å². The maximum absolute atomic E-state index is 12.3. The van der Waals surface area contributed by atoms with Crippen LogP contribution >= 0.6 is 19.8 Å². The van der Waals surface area contributed by atoms with E-state index in [1.165, 1.54) is 18.2 Å². The molecular formula is C10H5F6IO2. The van der Waals surface area contributed by atoms with Crippen LogP contribution in [0.3, 0.4) is 0 Å². The summed E-state index contributed by atoms with van der Waals surface area (Å²) in [7, 11) is 0. The van der Waals surface area contributed by atoms with E-state index in [4.69, 9.17) is 0 Å². The Morgan fingerprint density at radius 2 is 1.16 bits per heavy atom. The number of benzene rings is 1. The van der Waals surface area contributed by atoms with Gasteiger partial charge in [-0.15, -0.1) is 0 Å². The molecule has 0 aromatic heterocycles. The van der Waals surface area contributed by atoms with Gasteiger partial charge in [-0.2, -0.15) is 0 Å². The Balaban J connectivity index is 3.28. The van der Waals surface area contributed by atoms with Gasteiger partial charge in [-0.05, 0) is 0 Å². The molecule has 0 unspecified atom stereocenters. The molecule has 0 N–H and O–H groups in total. The number of hydrogen-bond donors (Lipinski definition) is 0. The summed E-state index contributed by atoms with van der Waals surface area (Å²) >= 11 is -4.77. The van der Waals surface area contributed by atoms with Crippen molar-refractivity contribution in [3.63, 3.8) is 0 Å². The number of alkyl halides is 6. The molecule has 0 bridgehead atoms. The van der Waals surface area contributed by atoms with E-state index in [-0.39, 0.29) is 0 Å². The van der Waals surface area contributed by atoms with E-state index in [1.54, 1.807) is 0 Å². The van der Waals surface area contributed by atoms with Gasteiger partial charge in [0.1, 0.15) is 0 Å². The predicted octanol–water partition coefficient (Wildman–Crippen LogP) is 3.54. The Hall–Kier alpha value is -1.13. The molecule has 9 heteroatoms. The summed E-state index contributed by atoms with van der Waals surface area (Å²) in [6.07, 6.45) is -10.9. The van der Waals surface area contributed by atoms with Gasteiger partial charge in [0.25, 0.3) is 0 Å². The summed E-state index contributed by atoms with van der Waals surface area (Å²) in [6.45, 7) is 0. The third-order valence-corrected chi connectivity index (χ3v) is 6.89. The third kappa shape index (κ3) is 3.91. The normalized spacial score (nSPS) is 13.1. The van der Waals surface area contributed by atoms with Crippen LogP contribution in [0.15, 0.2) is 30.3 Å². The molecule has 106 valence electrons. The average molecular weight is 398 g/mol. The van der Waals surface area contributed by atoms with Crippen molar-refractivity contribution in [2.24, 2.45) is 0 Å². The van der Waals surface area contributed by atoms with Crippen LogP contribution in [0.4, 0.5) is 26.3 Å². The fourth-order valence-electron chi connectivity index (χ4n) is 1.03. The standard InChI is InChI=1S/C10H5F6IO2/c11-9(12,13)7(18)17(8(19)10(14,15)16)6-4-2-1-3-5-6/h1-5H. The van der Waals surface area contributed by atoms with E-state index in [9.17, 15) is 35.9 Å². The van der Waals surface area contributed by atoms with Gasteiger partial charge in [-0.3, -0.25) is 0 Å². The van der Waals surface area contributed by atoms with Crippen molar-refractivity contribution in [3.05, 3.63) is 33.9 Å². The van der Waals surface area contributed by atoms with Crippen molar-refractivity contribution < 1.29 is 35.9 Å². The molecule has 0 aliphatic carbocycles. The van der Waals surface area contributed by atoms with E-state index in [1.807, 2.05) is 0 Å². The van der Waals surface area contributed by atoms with Gasteiger partial charge in [-0.1, -0.05) is 0 Å². The molecule has 0 aliphatic rings. The molecule has 1 aromatic rings. The van der Waals surface area contributed by atoms with Gasteiger partial charge in [-0.25, -0.2) is 0 Å². The van der Waals surface area contributed by atoms with Crippen molar-refractivity contribution in [1.82, 2.24) is 0 Å². The molecule has 0 atom stereocenters. The van der Waals surface area contributed by atoms with E-state index >= 15 is 0 Å². The number of carbonyl (C=O) groups excluding carboxylic acids is 2. The quantitative estimate of drug-likeness (QED) is 0.444. The zero-order chi connectivity index (χ0) is 14.8. The Labute approximate surface area is 110 Å². The first kappa shape index (κ1) is 15.9. The fraction of sp³-hybridized carbons (Fsp3) is 0.200. The van der Waals surface area contributed by atoms with Gasteiger partial charge < -0.3 is 0 Å². The molecule has 0 heterocycles. The molecule has 0 radical (unpaired) electrons. The Bertz CT molecular complexity index is 453. The molecule has 0 spiro atoms. The molecule has 0 fully saturated rings. The molecular weight excluding hydrogens is 393 g/mol. The van der Waals surface area contributed by atoms with E-state index in [0.717, 1.165) is 12.1 Å². The van der Waals surface area contributed by atoms with Crippen LogP contribution < -0.4 is 0 Å². The van der Waals surface area contributed by atoms with Gasteiger partial charge >= 0.3 is 110 Å². The summed E-state index contributed by atoms with van der Waals surface area (Å²) in [5.41, 5.74) is 0. The third-order valence-electron chi connectivity index (χ3n) is 1.74. The second kappa shape index (κ2) is 5.47. The van der Waals surface area contributed by atoms with Crippen LogP contribution in [0.2, 0.25) is 0 Å². The predicted molar refractivity (Wildman–Crippen MR) is 61.3 cm³/mol. The first-order chi connectivity index (χ1) is 8.55. The fourth-order valence-corrected chi connectivity index (χ4v) is 4.96. The van der Waals surface area contributed by atoms with Crippen LogP contribution in [0.25, 0.3) is 0 Å². The van der Waals surface area contributed by atoms with Gasteiger partial charge in [0, 0.05) is 0 Å². The van der Waals surface area contributed by atoms with Crippen molar-refractivity contribution in [2.75, 3.05) is 0 Å². The Kier molecular flexibility index (Phi) is 4.59. The van der Waals surface area contributed by atoms with Crippen molar-refractivity contribution in [2.45, 2.75) is 12.4 Å². The summed E-state index contributed by atoms with van der Waals surface area (Å²) in [6, 6.07) is 5.56. The summed E-state index contributed by atoms with van der Waals surface area (Å²) in [4.78, 5) is 22.2. The van der Waals surface area contributed by atoms with E-state index in [0.29, 0.717) is 0 Å².